The smallest absolute Gasteiger partial charge is 0.233 e. The molecular weight excluding hydrogens is 272 g/mol. The molecule has 0 radical (unpaired) electrons. The van der Waals surface area contributed by atoms with Crippen molar-refractivity contribution in [3.05, 3.63) is 0 Å². The molecule has 1 N–H and O–H groups in total. The minimum absolute atomic E-state index is 0.0635. The van der Waals surface area contributed by atoms with Gasteiger partial charge >= 0.3 is 0 Å². The van der Waals surface area contributed by atoms with E-state index in [1.807, 2.05) is 4.90 Å². The summed E-state index contributed by atoms with van der Waals surface area (Å²) in [6.07, 6.45) is 3.85. The Kier molecular flexibility index (Phi) is 5.80. The Morgan fingerprint density at radius 1 is 1.31 bits per heavy atom. The maximum atomic E-state index is 11.7. The molecule has 1 unspecified atom stereocenters. The predicted molar refractivity (Wildman–Crippen MR) is 66.4 cm³/mol. The number of nitrogens with zero attached hydrogens (tertiary/aromatic N) is 1. The number of likely N-dealkylation sites (tertiary alicyclic amines) is 1. The maximum Gasteiger partial charge on any atom is 0.233 e. The molecule has 0 saturated carbocycles. The molecule has 1 aliphatic rings. The van der Waals surface area contributed by atoms with E-state index < -0.39 is 0 Å². The Morgan fingerprint density at radius 2 is 1.94 bits per heavy atom. The fourth-order valence-electron chi connectivity index (χ4n) is 1.73. The van der Waals surface area contributed by atoms with Gasteiger partial charge in [-0.25, -0.2) is 0 Å². The van der Waals surface area contributed by atoms with Gasteiger partial charge in [0.2, 0.25) is 11.8 Å². The van der Waals surface area contributed by atoms with Crippen LogP contribution in [-0.2, 0) is 9.59 Å². The summed E-state index contributed by atoms with van der Waals surface area (Å²) in [4.78, 5) is 24.6. The first-order valence-corrected chi connectivity index (χ1v) is 6.72. The van der Waals surface area contributed by atoms with E-state index in [2.05, 4.69) is 21.2 Å². The van der Waals surface area contributed by atoms with Gasteiger partial charge in [0, 0.05) is 26.1 Å². The first-order valence-electron chi connectivity index (χ1n) is 5.81. The van der Waals surface area contributed by atoms with Gasteiger partial charge in [-0.1, -0.05) is 15.9 Å². The van der Waals surface area contributed by atoms with Crippen LogP contribution in [0.1, 0.15) is 32.6 Å². The van der Waals surface area contributed by atoms with Crippen molar-refractivity contribution in [2.24, 2.45) is 0 Å². The lowest BCUT2D eigenvalue weighted by atomic mass is 10.1. The molecule has 0 aromatic carbocycles. The van der Waals surface area contributed by atoms with Crippen molar-refractivity contribution >= 4 is 27.7 Å². The first-order chi connectivity index (χ1) is 7.61. The minimum atomic E-state index is -0.197. The van der Waals surface area contributed by atoms with E-state index in [-0.39, 0.29) is 16.6 Å². The van der Waals surface area contributed by atoms with E-state index in [0.717, 1.165) is 25.9 Å². The highest BCUT2D eigenvalue weighted by Gasteiger charge is 2.16. The second-order valence-electron chi connectivity index (χ2n) is 4.10. The Morgan fingerprint density at radius 3 is 2.50 bits per heavy atom. The summed E-state index contributed by atoms with van der Waals surface area (Å²) in [5, 5.41) is 2.72. The molecule has 0 aromatic rings. The fourth-order valence-corrected chi connectivity index (χ4v) is 1.90. The molecule has 0 spiro atoms. The van der Waals surface area contributed by atoms with Gasteiger partial charge in [0.1, 0.15) is 0 Å². The van der Waals surface area contributed by atoms with E-state index in [0.29, 0.717) is 13.0 Å². The number of alkyl halides is 1. The second kappa shape index (κ2) is 6.89. The predicted octanol–water partition coefficient (Wildman–Crippen LogP) is 1.29. The average Bonchev–Trinajstić information content (AvgIpc) is 2.29. The summed E-state index contributed by atoms with van der Waals surface area (Å²) in [5.41, 5.74) is 0. The van der Waals surface area contributed by atoms with Crippen LogP contribution in [0.4, 0.5) is 0 Å². The Hall–Kier alpha value is -0.580. The summed E-state index contributed by atoms with van der Waals surface area (Å²) in [6, 6.07) is 0. The maximum absolute atomic E-state index is 11.7. The van der Waals surface area contributed by atoms with Gasteiger partial charge in [0.05, 0.1) is 4.83 Å². The minimum Gasteiger partial charge on any atom is -0.355 e. The van der Waals surface area contributed by atoms with Crippen molar-refractivity contribution < 1.29 is 9.59 Å². The van der Waals surface area contributed by atoms with E-state index >= 15 is 0 Å². The molecule has 5 heteroatoms. The number of hydrogen-bond acceptors (Lipinski definition) is 2. The molecule has 1 fully saturated rings. The zero-order valence-electron chi connectivity index (χ0n) is 9.67. The summed E-state index contributed by atoms with van der Waals surface area (Å²) < 4.78 is 0. The van der Waals surface area contributed by atoms with E-state index in [1.54, 1.807) is 6.92 Å². The highest BCUT2D eigenvalue weighted by atomic mass is 79.9. The fraction of sp³-hybridized carbons (Fsp3) is 0.818. The van der Waals surface area contributed by atoms with Crippen molar-refractivity contribution in [1.82, 2.24) is 10.2 Å². The number of halogens is 1. The van der Waals surface area contributed by atoms with Crippen LogP contribution in [0.2, 0.25) is 0 Å². The van der Waals surface area contributed by atoms with E-state index in [9.17, 15) is 9.59 Å². The van der Waals surface area contributed by atoms with Crippen LogP contribution in [0.15, 0.2) is 0 Å². The highest BCUT2D eigenvalue weighted by Crippen LogP contribution is 2.09. The van der Waals surface area contributed by atoms with Gasteiger partial charge in [-0.2, -0.15) is 0 Å². The van der Waals surface area contributed by atoms with Crippen molar-refractivity contribution in [1.29, 1.82) is 0 Å². The van der Waals surface area contributed by atoms with E-state index in [1.165, 1.54) is 6.42 Å². The number of amides is 2. The molecule has 1 rings (SSSR count). The van der Waals surface area contributed by atoms with Crippen LogP contribution in [0.3, 0.4) is 0 Å². The number of carbonyl (C=O) groups is 2. The molecule has 4 nitrogen and oxygen atoms in total. The van der Waals surface area contributed by atoms with Gasteiger partial charge in [-0.15, -0.1) is 0 Å². The largest absolute Gasteiger partial charge is 0.355 e. The Bertz CT molecular complexity index is 250. The van der Waals surface area contributed by atoms with Crippen molar-refractivity contribution in [3.63, 3.8) is 0 Å². The molecule has 1 saturated heterocycles. The molecular formula is C11H19BrN2O2. The topological polar surface area (TPSA) is 49.4 Å². The van der Waals surface area contributed by atoms with Crippen LogP contribution in [0, 0.1) is 0 Å². The molecule has 16 heavy (non-hydrogen) atoms. The van der Waals surface area contributed by atoms with Gasteiger partial charge < -0.3 is 10.2 Å². The lowest BCUT2D eigenvalue weighted by Crippen LogP contribution is -2.38. The quantitative estimate of drug-likeness (QED) is 0.793. The number of hydrogen-bond donors (Lipinski definition) is 1. The van der Waals surface area contributed by atoms with Crippen LogP contribution < -0.4 is 5.32 Å². The number of carbonyl (C=O) groups excluding carboxylic acids is 2. The lowest BCUT2D eigenvalue weighted by Gasteiger charge is -2.26. The third kappa shape index (κ3) is 4.51. The summed E-state index contributed by atoms with van der Waals surface area (Å²) >= 11 is 3.18. The van der Waals surface area contributed by atoms with Crippen LogP contribution in [-0.4, -0.2) is 41.2 Å². The molecule has 0 bridgehead atoms. The van der Waals surface area contributed by atoms with Gasteiger partial charge in [-0.3, -0.25) is 9.59 Å². The molecule has 92 valence electrons. The molecule has 1 heterocycles. The first kappa shape index (κ1) is 13.5. The van der Waals surface area contributed by atoms with Crippen LogP contribution in [0.5, 0.6) is 0 Å². The zero-order chi connectivity index (χ0) is 12.0. The standard InChI is InChI=1S/C11H19BrN2O2/c1-9(12)11(16)13-6-5-10(15)14-7-3-2-4-8-14/h9H,2-8H2,1H3,(H,13,16). The lowest BCUT2D eigenvalue weighted by molar-refractivity contribution is -0.132. The zero-order valence-corrected chi connectivity index (χ0v) is 11.3. The molecule has 1 aliphatic heterocycles. The molecule has 0 aromatic heterocycles. The summed E-state index contributed by atoms with van der Waals surface area (Å²) in [5.74, 6) is 0.0914. The van der Waals surface area contributed by atoms with Crippen molar-refractivity contribution in [2.75, 3.05) is 19.6 Å². The Labute approximate surface area is 105 Å². The van der Waals surface area contributed by atoms with Crippen LogP contribution >= 0.6 is 15.9 Å². The SMILES string of the molecule is CC(Br)C(=O)NCCC(=O)N1CCCCC1. The third-order valence-corrected chi connectivity index (χ3v) is 3.12. The average molecular weight is 291 g/mol. The van der Waals surface area contributed by atoms with Gasteiger partial charge in [0.25, 0.3) is 0 Å². The van der Waals surface area contributed by atoms with Crippen molar-refractivity contribution in [3.8, 4) is 0 Å². The second-order valence-corrected chi connectivity index (χ2v) is 5.47. The normalized spacial score (nSPS) is 18.0. The highest BCUT2D eigenvalue weighted by molar-refractivity contribution is 9.10. The van der Waals surface area contributed by atoms with Crippen LogP contribution in [0.25, 0.3) is 0 Å². The Balaban J connectivity index is 2.17. The number of nitrogens with one attached hydrogen (secondary N) is 1. The number of rotatable bonds is 4. The van der Waals surface area contributed by atoms with Gasteiger partial charge in [0.15, 0.2) is 0 Å². The summed E-state index contributed by atoms with van der Waals surface area (Å²) in [6.45, 7) is 3.95. The van der Waals surface area contributed by atoms with E-state index in [4.69, 9.17) is 0 Å². The van der Waals surface area contributed by atoms with Gasteiger partial charge in [-0.05, 0) is 26.2 Å². The monoisotopic (exact) mass is 290 g/mol. The molecule has 0 aliphatic carbocycles. The third-order valence-electron chi connectivity index (χ3n) is 2.71. The molecule has 2 amide bonds. The summed E-state index contributed by atoms with van der Waals surface area (Å²) in [7, 11) is 0. The van der Waals surface area contributed by atoms with Crippen molar-refractivity contribution in [2.45, 2.75) is 37.4 Å². The number of piperidine rings is 1. The molecule has 1 atom stereocenters.